The second-order valence-corrected chi connectivity index (χ2v) is 6.68. The van der Waals surface area contributed by atoms with Gasteiger partial charge in [0.05, 0.1) is 34.0 Å². The minimum absolute atomic E-state index is 0.377. The van der Waals surface area contributed by atoms with Gasteiger partial charge in [-0.05, 0) is 55.8 Å². The van der Waals surface area contributed by atoms with Crippen molar-refractivity contribution < 1.29 is 33.3 Å². The Bertz CT molecular complexity index is 955. The quantitative estimate of drug-likeness (QED) is 0.419. The van der Waals surface area contributed by atoms with Gasteiger partial charge in [0.25, 0.3) is 5.91 Å². The topological polar surface area (TPSA) is 92.3 Å². The highest BCUT2D eigenvalue weighted by Crippen LogP contribution is 2.29. The molecular weight excluding hydrogens is 414 g/mol. The Balaban J connectivity index is 1.91. The van der Waals surface area contributed by atoms with Crippen molar-refractivity contribution in [3.8, 4) is 23.0 Å². The predicted molar refractivity (Wildman–Crippen MR) is 120 cm³/mol. The van der Waals surface area contributed by atoms with E-state index in [9.17, 15) is 9.59 Å². The van der Waals surface area contributed by atoms with Crippen molar-refractivity contribution in [2.24, 2.45) is 0 Å². The number of amides is 1. The fourth-order valence-electron chi connectivity index (χ4n) is 2.95. The molecule has 1 atom stereocenters. The molecule has 172 valence electrons. The van der Waals surface area contributed by atoms with E-state index in [1.54, 1.807) is 70.7 Å². The molecule has 0 radical (unpaired) electrons. The van der Waals surface area contributed by atoms with Crippen LogP contribution in [0.2, 0.25) is 0 Å². The Hall–Kier alpha value is -3.68. The average molecular weight is 443 g/mol. The summed E-state index contributed by atoms with van der Waals surface area (Å²) in [5.74, 6) is 1.36. The smallest absolute Gasteiger partial charge is 0.331 e. The third kappa shape index (κ3) is 6.94. The molecule has 2 rings (SSSR count). The minimum atomic E-state index is -0.639. The molecule has 0 bridgehead atoms. The van der Waals surface area contributed by atoms with E-state index in [1.807, 2.05) is 6.92 Å². The summed E-state index contributed by atoms with van der Waals surface area (Å²) in [5.41, 5.74) is 1.47. The van der Waals surface area contributed by atoms with Crippen LogP contribution in [0.4, 0.5) is 0 Å². The maximum absolute atomic E-state index is 12.2. The number of methoxy groups -OCH3 is 3. The summed E-state index contributed by atoms with van der Waals surface area (Å²) in [7, 11) is 4.65. The van der Waals surface area contributed by atoms with E-state index >= 15 is 0 Å². The zero-order valence-electron chi connectivity index (χ0n) is 19.0. The van der Waals surface area contributed by atoms with E-state index in [4.69, 9.17) is 23.7 Å². The number of hydrogen-bond donors (Lipinski definition) is 1. The lowest BCUT2D eigenvalue weighted by molar-refractivity contribution is -0.144. The van der Waals surface area contributed by atoms with Crippen LogP contribution in [-0.2, 0) is 14.3 Å². The van der Waals surface area contributed by atoms with Gasteiger partial charge in [0.15, 0.2) is 18.1 Å². The van der Waals surface area contributed by atoms with Crippen LogP contribution in [0.1, 0.15) is 31.0 Å². The van der Waals surface area contributed by atoms with E-state index in [0.29, 0.717) is 29.6 Å². The van der Waals surface area contributed by atoms with E-state index in [2.05, 4.69) is 5.32 Å². The van der Waals surface area contributed by atoms with Crippen molar-refractivity contribution in [1.82, 2.24) is 5.32 Å². The zero-order valence-corrected chi connectivity index (χ0v) is 19.0. The molecule has 1 N–H and O–H groups in total. The van der Waals surface area contributed by atoms with Gasteiger partial charge in [-0.1, -0.05) is 6.07 Å². The van der Waals surface area contributed by atoms with Crippen molar-refractivity contribution in [3.63, 3.8) is 0 Å². The molecule has 0 heterocycles. The maximum Gasteiger partial charge on any atom is 0.331 e. The summed E-state index contributed by atoms with van der Waals surface area (Å²) in [4.78, 5) is 24.2. The van der Waals surface area contributed by atoms with Gasteiger partial charge in [-0.2, -0.15) is 0 Å². The molecule has 0 aliphatic rings. The van der Waals surface area contributed by atoms with Crippen LogP contribution < -0.4 is 24.3 Å². The molecule has 0 aliphatic heterocycles. The minimum Gasteiger partial charge on any atom is -0.497 e. The molecule has 2 aromatic rings. The largest absolute Gasteiger partial charge is 0.497 e. The number of carbonyl (C=O) groups excluding carboxylic acids is 2. The van der Waals surface area contributed by atoms with Crippen molar-refractivity contribution in [2.75, 3.05) is 34.5 Å². The molecule has 1 amide bonds. The summed E-state index contributed by atoms with van der Waals surface area (Å²) in [6.07, 6.45) is 2.82. The lowest BCUT2D eigenvalue weighted by Gasteiger charge is -2.18. The molecule has 0 aliphatic carbocycles. The number of rotatable bonds is 11. The fraction of sp³-hybridized carbons (Fsp3) is 0.333. The van der Waals surface area contributed by atoms with E-state index in [-0.39, 0.29) is 6.04 Å². The number of nitrogens with one attached hydrogen (secondary N) is 1. The van der Waals surface area contributed by atoms with Gasteiger partial charge < -0.3 is 29.0 Å². The molecule has 0 saturated heterocycles. The predicted octanol–water partition coefficient (Wildman–Crippen LogP) is 3.54. The highest BCUT2D eigenvalue weighted by molar-refractivity contribution is 5.89. The highest BCUT2D eigenvalue weighted by atomic mass is 16.5. The first-order valence-electron chi connectivity index (χ1n) is 10.1. The Morgan fingerprint density at radius 2 is 1.69 bits per heavy atom. The van der Waals surface area contributed by atoms with Crippen molar-refractivity contribution >= 4 is 18.0 Å². The first-order valence-corrected chi connectivity index (χ1v) is 10.1. The van der Waals surface area contributed by atoms with E-state index in [1.165, 1.54) is 6.08 Å². The standard InChI is InChI=1S/C24H29NO7/c1-6-31-21-10-7-17(13-22(21)30-5)8-12-24(27)32-15-23(26)25-16(2)19-14-18(28-3)9-11-20(19)29-4/h7-14,16H,6,15H2,1-5H3,(H,25,26)/b12-8+. The van der Waals surface area contributed by atoms with Crippen molar-refractivity contribution in [1.29, 1.82) is 0 Å². The fourth-order valence-corrected chi connectivity index (χ4v) is 2.95. The van der Waals surface area contributed by atoms with Crippen LogP contribution in [0, 0.1) is 0 Å². The number of esters is 1. The molecule has 0 fully saturated rings. The van der Waals surface area contributed by atoms with Gasteiger partial charge in [0, 0.05) is 11.6 Å². The van der Waals surface area contributed by atoms with Crippen LogP contribution in [0.15, 0.2) is 42.5 Å². The second kappa shape index (κ2) is 12.2. The third-order valence-electron chi connectivity index (χ3n) is 4.53. The average Bonchev–Trinajstić information content (AvgIpc) is 2.81. The maximum atomic E-state index is 12.2. The second-order valence-electron chi connectivity index (χ2n) is 6.68. The van der Waals surface area contributed by atoms with Crippen LogP contribution in [0.5, 0.6) is 23.0 Å². The SMILES string of the molecule is CCOc1ccc(/C=C/C(=O)OCC(=O)NC(C)c2cc(OC)ccc2OC)cc1OC. The molecule has 0 spiro atoms. The highest BCUT2D eigenvalue weighted by Gasteiger charge is 2.16. The summed E-state index contributed by atoms with van der Waals surface area (Å²) in [6.45, 7) is 3.79. The van der Waals surface area contributed by atoms with E-state index in [0.717, 1.165) is 11.1 Å². The number of hydrogen-bond acceptors (Lipinski definition) is 7. The normalized spacial score (nSPS) is 11.5. The van der Waals surface area contributed by atoms with E-state index < -0.39 is 18.5 Å². The van der Waals surface area contributed by atoms with Crippen LogP contribution in [-0.4, -0.2) is 46.4 Å². The first kappa shape index (κ1) is 24.6. The molecule has 32 heavy (non-hydrogen) atoms. The molecule has 0 aromatic heterocycles. The molecule has 8 heteroatoms. The Morgan fingerprint density at radius 1 is 0.969 bits per heavy atom. The van der Waals surface area contributed by atoms with Gasteiger partial charge in [0.1, 0.15) is 11.5 Å². The van der Waals surface area contributed by atoms with Crippen LogP contribution in [0.3, 0.4) is 0 Å². The molecule has 2 aromatic carbocycles. The van der Waals surface area contributed by atoms with Gasteiger partial charge in [-0.25, -0.2) is 4.79 Å². The van der Waals surface area contributed by atoms with Gasteiger partial charge in [0.2, 0.25) is 0 Å². The monoisotopic (exact) mass is 443 g/mol. The number of benzene rings is 2. The van der Waals surface area contributed by atoms with Crippen LogP contribution in [0.25, 0.3) is 6.08 Å². The molecule has 0 saturated carbocycles. The van der Waals surface area contributed by atoms with Crippen LogP contribution >= 0.6 is 0 Å². The van der Waals surface area contributed by atoms with Gasteiger partial charge in [-0.15, -0.1) is 0 Å². The summed E-state index contributed by atoms with van der Waals surface area (Å²) < 4.78 is 26.3. The lowest BCUT2D eigenvalue weighted by atomic mass is 10.1. The Morgan fingerprint density at radius 3 is 2.34 bits per heavy atom. The van der Waals surface area contributed by atoms with Crippen molar-refractivity contribution in [2.45, 2.75) is 19.9 Å². The molecule has 1 unspecified atom stereocenters. The first-order chi connectivity index (χ1) is 15.4. The Labute approximate surface area is 188 Å². The summed E-state index contributed by atoms with van der Waals surface area (Å²) in [6, 6.07) is 10.2. The third-order valence-corrected chi connectivity index (χ3v) is 4.53. The summed E-state index contributed by atoms with van der Waals surface area (Å²) in [5, 5.41) is 2.78. The lowest BCUT2D eigenvalue weighted by Crippen LogP contribution is -2.31. The number of carbonyl (C=O) groups is 2. The van der Waals surface area contributed by atoms with Gasteiger partial charge in [-0.3, -0.25) is 4.79 Å². The molecule has 8 nitrogen and oxygen atoms in total. The summed E-state index contributed by atoms with van der Waals surface area (Å²) >= 11 is 0. The van der Waals surface area contributed by atoms with Crippen molar-refractivity contribution in [3.05, 3.63) is 53.6 Å². The van der Waals surface area contributed by atoms with Gasteiger partial charge >= 0.3 is 5.97 Å². The number of ether oxygens (including phenoxy) is 5. The molecular formula is C24H29NO7. The zero-order chi connectivity index (χ0) is 23.5. The Kier molecular flexibility index (Phi) is 9.41.